The highest BCUT2D eigenvalue weighted by molar-refractivity contribution is 5.18. The lowest BCUT2D eigenvalue weighted by Crippen LogP contribution is -2.30. The third kappa shape index (κ3) is 6.19. The van der Waals surface area contributed by atoms with Crippen molar-refractivity contribution in [2.45, 2.75) is 32.7 Å². The summed E-state index contributed by atoms with van der Waals surface area (Å²) in [5, 5.41) is 12.5. The number of nitrogens with zero attached hydrogens (tertiary/aromatic N) is 1. The molecule has 0 heterocycles. The van der Waals surface area contributed by atoms with Crippen molar-refractivity contribution in [1.82, 2.24) is 10.2 Å². The molecule has 3 nitrogen and oxygen atoms in total. The number of hydrogen-bond donors (Lipinski definition) is 2. The average Bonchev–Trinajstić information content (AvgIpc) is 2.47. The van der Waals surface area contributed by atoms with Gasteiger partial charge >= 0.3 is 0 Å². The number of nitrogens with one attached hydrogen (secondary N) is 1. The summed E-state index contributed by atoms with van der Waals surface area (Å²) in [5.74, 6) is 0. The van der Waals surface area contributed by atoms with E-state index >= 15 is 0 Å². The molecule has 0 spiro atoms. The molecule has 0 aromatic heterocycles. The van der Waals surface area contributed by atoms with Crippen LogP contribution in [0.25, 0.3) is 0 Å². The fourth-order valence-corrected chi connectivity index (χ4v) is 2.35. The molecule has 1 aromatic carbocycles. The monoisotopic (exact) mass is 264 g/mol. The largest absolute Gasteiger partial charge is 0.396 e. The van der Waals surface area contributed by atoms with Crippen LogP contribution in [0.5, 0.6) is 0 Å². The van der Waals surface area contributed by atoms with Crippen molar-refractivity contribution < 1.29 is 5.11 Å². The van der Waals surface area contributed by atoms with E-state index in [4.69, 9.17) is 5.11 Å². The molecule has 0 amide bonds. The molecular weight excluding hydrogens is 236 g/mol. The van der Waals surface area contributed by atoms with Crippen molar-refractivity contribution in [3.63, 3.8) is 0 Å². The second-order valence-corrected chi connectivity index (χ2v) is 4.82. The van der Waals surface area contributed by atoms with Crippen molar-refractivity contribution in [2.24, 2.45) is 0 Å². The molecule has 19 heavy (non-hydrogen) atoms. The first kappa shape index (κ1) is 16.2. The minimum Gasteiger partial charge on any atom is -0.396 e. The van der Waals surface area contributed by atoms with Gasteiger partial charge in [-0.15, -0.1) is 0 Å². The van der Waals surface area contributed by atoms with Gasteiger partial charge in [-0.3, -0.25) is 0 Å². The van der Waals surface area contributed by atoms with Gasteiger partial charge in [0.25, 0.3) is 0 Å². The Balaban J connectivity index is 2.49. The van der Waals surface area contributed by atoms with Gasteiger partial charge in [0.2, 0.25) is 0 Å². The molecule has 1 rings (SSSR count). The van der Waals surface area contributed by atoms with Crippen LogP contribution in [0.2, 0.25) is 0 Å². The van der Waals surface area contributed by atoms with E-state index in [0.29, 0.717) is 6.04 Å². The Morgan fingerprint density at radius 2 is 1.89 bits per heavy atom. The van der Waals surface area contributed by atoms with E-state index in [1.807, 2.05) is 0 Å². The molecule has 0 saturated carbocycles. The third-order valence-electron chi connectivity index (χ3n) is 3.47. The number of hydrogen-bond acceptors (Lipinski definition) is 3. The van der Waals surface area contributed by atoms with Crippen LogP contribution in [-0.4, -0.2) is 42.8 Å². The zero-order valence-electron chi connectivity index (χ0n) is 12.3. The van der Waals surface area contributed by atoms with Crippen molar-refractivity contribution >= 4 is 0 Å². The van der Waals surface area contributed by atoms with E-state index in [1.165, 1.54) is 5.56 Å². The molecule has 0 aliphatic heterocycles. The number of rotatable bonds is 10. The van der Waals surface area contributed by atoms with E-state index < -0.39 is 0 Å². The molecule has 0 radical (unpaired) electrons. The smallest absolute Gasteiger partial charge is 0.0443 e. The number of aliphatic hydroxyl groups is 1. The summed E-state index contributed by atoms with van der Waals surface area (Å²) in [5.41, 5.74) is 1.36. The van der Waals surface area contributed by atoms with E-state index in [1.54, 1.807) is 0 Å². The lowest BCUT2D eigenvalue weighted by molar-refractivity contribution is 0.223. The highest BCUT2D eigenvalue weighted by Crippen LogP contribution is 2.16. The van der Waals surface area contributed by atoms with Crippen molar-refractivity contribution in [3.8, 4) is 0 Å². The highest BCUT2D eigenvalue weighted by atomic mass is 16.3. The average molecular weight is 264 g/mol. The maximum atomic E-state index is 8.91. The molecule has 1 aromatic rings. The van der Waals surface area contributed by atoms with Gasteiger partial charge in [-0.2, -0.15) is 0 Å². The van der Waals surface area contributed by atoms with Gasteiger partial charge in [-0.1, -0.05) is 44.2 Å². The van der Waals surface area contributed by atoms with Crippen LogP contribution in [0.15, 0.2) is 30.3 Å². The quantitative estimate of drug-likeness (QED) is 0.681. The highest BCUT2D eigenvalue weighted by Gasteiger charge is 2.11. The first-order chi connectivity index (χ1) is 9.31. The van der Waals surface area contributed by atoms with Gasteiger partial charge in [0, 0.05) is 19.2 Å². The Hall–Kier alpha value is -0.900. The Labute approximate surface area is 117 Å². The second-order valence-electron chi connectivity index (χ2n) is 4.82. The summed E-state index contributed by atoms with van der Waals surface area (Å²) in [6.07, 6.45) is 1.97. The molecule has 3 heteroatoms. The zero-order chi connectivity index (χ0) is 13.9. The van der Waals surface area contributed by atoms with Crippen LogP contribution in [0.1, 0.15) is 38.3 Å². The summed E-state index contributed by atoms with van der Waals surface area (Å²) < 4.78 is 0. The van der Waals surface area contributed by atoms with Crippen LogP contribution in [0.3, 0.4) is 0 Å². The molecule has 0 bridgehead atoms. The van der Waals surface area contributed by atoms with Crippen molar-refractivity contribution in [1.29, 1.82) is 0 Å². The molecule has 2 N–H and O–H groups in total. The Kier molecular flexibility index (Phi) is 8.47. The molecule has 1 unspecified atom stereocenters. The van der Waals surface area contributed by atoms with E-state index in [-0.39, 0.29) is 6.61 Å². The molecule has 0 aliphatic rings. The van der Waals surface area contributed by atoms with E-state index in [9.17, 15) is 0 Å². The maximum Gasteiger partial charge on any atom is 0.0443 e. The first-order valence-electron chi connectivity index (χ1n) is 7.43. The Morgan fingerprint density at radius 3 is 2.47 bits per heavy atom. The van der Waals surface area contributed by atoms with Crippen LogP contribution in [0.4, 0.5) is 0 Å². The predicted molar refractivity (Wildman–Crippen MR) is 81.3 cm³/mol. The minimum atomic E-state index is 0.284. The summed E-state index contributed by atoms with van der Waals surface area (Å²) in [6.45, 7) is 8.72. The summed E-state index contributed by atoms with van der Waals surface area (Å²) in [7, 11) is 0. The molecule has 0 saturated heterocycles. The summed E-state index contributed by atoms with van der Waals surface area (Å²) >= 11 is 0. The molecule has 0 aliphatic carbocycles. The molecule has 0 fully saturated rings. The first-order valence-corrected chi connectivity index (χ1v) is 7.43. The number of benzene rings is 1. The Morgan fingerprint density at radius 1 is 1.16 bits per heavy atom. The van der Waals surface area contributed by atoms with Crippen molar-refractivity contribution in [3.05, 3.63) is 35.9 Å². The van der Waals surface area contributed by atoms with Crippen LogP contribution in [-0.2, 0) is 0 Å². The van der Waals surface area contributed by atoms with E-state index in [2.05, 4.69) is 54.4 Å². The Bertz CT molecular complexity index is 316. The standard InChI is InChI=1S/C16H28N2O/c1-3-17-16(15-9-6-5-7-10-15)11-13-18(4-2)12-8-14-19/h5-7,9-10,16-17,19H,3-4,8,11-14H2,1-2H3. The van der Waals surface area contributed by atoms with Crippen LogP contribution < -0.4 is 5.32 Å². The van der Waals surface area contributed by atoms with Gasteiger partial charge in [0.1, 0.15) is 0 Å². The van der Waals surface area contributed by atoms with Crippen LogP contribution in [0, 0.1) is 0 Å². The number of aliphatic hydroxyl groups excluding tert-OH is 1. The zero-order valence-corrected chi connectivity index (χ0v) is 12.3. The second kappa shape index (κ2) is 9.96. The predicted octanol–water partition coefficient (Wildman–Crippen LogP) is 2.43. The van der Waals surface area contributed by atoms with Gasteiger partial charge in [-0.25, -0.2) is 0 Å². The fourth-order valence-electron chi connectivity index (χ4n) is 2.35. The molecule has 108 valence electrons. The topological polar surface area (TPSA) is 35.5 Å². The van der Waals surface area contributed by atoms with Crippen LogP contribution >= 0.6 is 0 Å². The maximum absolute atomic E-state index is 8.91. The lowest BCUT2D eigenvalue weighted by atomic mass is 10.0. The van der Waals surface area contributed by atoms with Gasteiger partial charge < -0.3 is 15.3 Å². The minimum absolute atomic E-state index is 0.284. The molecular formula is C16H28N2O. The summed E-state index contributed by atoms with van der Waals surface area (Å²) in [6, 6.07) is 11.1. The SMILES string of the molecule is CCNC(CCN(CC)CCCO)c1ccccc1. The van der Waals surface area contributed by atoms with Gasteiger partial charge in [0.05, 0.1) is 0 Å². The van der Waals surface area contributed by atoms with Gasteiger partial charge in [-0.05, 0) is 38.0 Å². The van der Waals surface area contributed by atoms with E-state index in [0.717, 1.165) is 39.0 Å². The third-order valence-corrected chi connectivity index (χ3v) is 3.47. The van der Waals surface area contributed by atoms with Crippen molar-refractivity contribution in [2.75, 3.05) is 32.8 Å². The summed E-state index contributed by atoms with van der Waals surface area (Å²) in [4.78, 5) is 2.41. The van der Waals surface area contributed by atoms with Gasteiger partial charge in [0.15, 0.2) is 0 Å². The normalized spacial score (nSPS) is 12.8. The lowest BCUT2D eigenvalue weighted by Gasteiger charge is -2.24. The molecule has 1 atom stereocenters. The fraction of sp³-hybridized carbons (Fsp3) is 0.625.